The molecular formula is C21H20F3N3O4. The van der Waals surface area contributed by atoms with Gasteiger partial charge >= 0.3 is 6.18 Å². The van der Waals surface area contributed by atoms with E-state index in [2.05, 4.69) is 5.32 Å². The van der Waals surface area contributed by atoms with Gasteiger partial charge in [-0.15, -0.1) is 0 Å². The number of nitro benzene ring substituents is 1. The number of benzene rings is 2. The number of amides is 2. The Kier molecular flexibility index (Phi) is 6.57. The van der Waals surface area contributed by atoms with Crippen molar-refractivity contribution >= 4 is 17.5 Å². The second kappa shape index (κ2) is 9.15. The van der Waals surface area contributed by atoms with Crippen molar-refractivity contribution in [2.75, 3.05) is 13.1 Å². The number of nitro groups is 1. The molecule has 0 unspecified atom stereocenters. The fraction of sp³-hybridized carbons (Fsp3) is 0.333. The van der Waals surface area contributed by atoms with Crippen LogP contribution in [0.4, 0.5) is 18.9 Å². The van der Waals surface area contributed by atoms with E-state index in [9.17, 15) is 32.9 Å². The maximum Gasteiger partial charge on any atom is 0.416 e. The lowest BCUT2D eigenvalue weighted by atomic mass is 9.95. The summed E-state index contributed by atoms with van der Waals surface area (Å²) < 4.78 is 37.8. The zero-order valence-corrected chi connectivity index (χ0v) is 16.4. The van der Waals surface area contributed by atoms with Crippen molar-refractivity contribution in [2.45, 2.75) is 25.6 Å². The van der Waals surface area contributed by atoms with E-state index in [1.165, 1.54) is 36.4 Å². The van der Waals surface area contributed by atoms with Gasteiger partial charge in [0, 0.05) is 43.2 Å². The number of likely N-dealkylation sites (tertiary alicyclic amines) is 1. The van der Waals surface area contributed by atoms with E-state index in [0.717, 1.165) is 12.1 Å². The van der Waals surface area contributed by atoms with Crippen molar-refractivity contribution in [2.24, 2.45) is 5.92 Å². The van der Waals surface area contributed by atoms with Crippen molar-refractivity contribution in [3.05, 3.63) is 75.3 Å². The van der Waals surface area contributed by atoms with E-state index in [0.29, 0.717) is 37.1 Å². The van der Waals surface area contributed by atoms with Crippen LogP contribution < -0.4 is 5.32 Å². The normalized spacial score (nSPS) is 14.9. The maximum absolute atomic E-state index is 12.6. The zero-order chi connectivity index (χ0) is 22.6. The van der Waals surface area contributed by atoms with Crippen molar-refractivity contribution in [3.8, 4) is 0 Å². The van der Waals surface area contributed by atoms with E-state index in [-0.39, 0.29) is 30.0 Å². The topological polar surface area (TPSA) is 92.6 Å². The Morgan fingerprint density at radius 2 is 1.61 bits per heavy atom. The second-order valence-corrected chi connectivity index (χ2v) is 7.28. The minimum absolute atomic E-state index is 0.0972. The van der Waals surface area contributed by atoms with Crippen LogP contribution in [0.25, 0.3) is 0 Å². The number of carbonyl (C=O) groups is 2. The Balaban J connectivity index is 1.48. The van der Waals surface area contributed by atoms with Crippen molar-refractivity contribution in [3.63, 3.8) is 0 Å². The SMILES string of the molecule is O=C(NCc1ccc(C(F)(F)F)cc1)C1CCN(C(=O)c2ccc([N+](=O)[O-])cc2)CC1. The van der Waals surface area contributed by atoms with Gasteiger partial charge in [0.1, 0.15) is 0 Å². The lowest BCUT2D eigenvalue weighted by Gasteiger charge is -2.31. The summed E-state index contributed by atoms with van der Waals surface area (Å²) in [7, 11) is 0. The van der Waals surface area contributed by atoms with Crippen LogP contribution in [0.5, 0.6) is 0 Å². The number of halogens is 3. The first-order chi connectivity index (χ1) is 14.6. The minimum atomic E-state index is -4.40. The van der Waals surface area contributed by atoms with Crippen LogP contribution in [-0.4, -0.2) is 34.7 Å². The molecule has 1 fully saturated rings. The van der Waals surface area contributed by atoms with Crippen LogP contribution in [0, 0.1) is 16.0 Å². The number of non-ortho nitro benzene ring substituents is 1. The standard InChI is InChI=1S/C21H20F3N3O4/c22-21(23,24)17-5-1-14(2-6-17)13-25-19(28)15-9-11-26(12-10-15)20(29)16-3-7-18(8-4-16)27(30)31/h1-8,15H,9-13H2,(H,25,28). The molecule has 0 spiro atoms. The van der Waals surface area contributed by atoms with Gasteiger partial charge in [0.15, 0.2) is 0 Å². The number of alkyl halides is 3. The molecule has 1 aliphatic heterocycles. The van der Waals surface area contributed by atoms with E-state index < -0.39 is 16.7 Å². The van der Waals surface area contributed by atoms with Crippen LogP contribution in [0.1, 0.15) is 34.3 Å². The minimum Gasteiger partial charge on any atom is -0.352 e. The highest BCUT2D eigenvalue weighted by molar-refractivity contribution is 5.94. The molecule has 31 heavy (non-hydrogen) atoms. The van der Waals surface area contributed by atoms with Crippen LogP contribution >= 0.6 is 0 Å². The van der Waals surface area contributed by atoms with Crippen molar-refractivity contribution < 1.29 is 27.7 Å². The molecule has 0 aliphatic carbocycles. The largest absolute Gasteiger partial charge is 0.416 e. The molecule has 1 saturated heterocycles. The summed E-state index contributed by atoms with van der Waals surface area (Å²) in [5, 5.41) is 13.4. The van der Waals surface area contributed by atoms with Gasteiger partial charge in [0.25, 0.3) is 11.6 Å². The fourth-order valence-electron chi connectivity index (χ4n) is 3.40. The number of carbonyl (C=O) groups excluding carboxylic acids is 2. The van der Waals surface area contributed by atoms with Crippen LogP contribution in [-0.2, 0) is 17.5 Å². The summed E-state index contributed by atoms with van der Waals surface area (Å²) >= 11 is 0. The van der Waals surface area contributed by atoms with Crippen molar-refractivity contribution in [1.29, 1.82) is 0 Å². The van der Waals surface area contributed by atoms with Gasteiger partial charge in [-0.05, 0) is 42.7 Å². The number of hydrogen-bond acceptors (Lipinski definition) is 4. The molecule has 0 bridgehead atoms. The lowest BCUT2D eigenvalue weighted by Crippen LogP contribution is -2.42. The van der Waals surface area contributed by atoms with Gasteiger partial charge in [-0.3, -0.25) is 19.7 Å². The molecule has 1 N–H and O–H groups in total. The van der Waals surface area contributed by atoms with Gasteiger partial charge < -0.3 is 10.2 Å². The van der Waals surface area contributed by atoms with E-state index in [1.807, 2.05) is 0 Å². The Morgan fingerprint density at radius 1 is 1.03 bits per heavy atom. The third-order valence-electron chi connectivity index (χ3n) is 5.23. The first kappa shape index (κ1) is 22.3. The monoisotopic (exact) mass is 435 g/mol. The number of nitrogens with zero attached hydrogens (tertiary/aromatic N) is 2. The van der Waals surface area contributed by atoms with Gasteiger partial charge in [-0.25, -0.2) is 0 Å². The molecule has 0 saturated carbocycles. The second-order valence-electron chi connectivity index (χ2n) is 7.28. The molecule has 10 heteroatoms. The maximum atomic E-state index is 12.6. The Bertz CT molecular complexity index is 951. The van der Waals surface area contributed by atoms with E-state index in [4.69, 9.17) is 0 Å². The highest BCUT2D eigenvalue weighted by Crippen LogP contribution is 2.29. The quantitative estimate of drug-likeness (QED) is 0.572. The summed E-state index contributed by atoms with van der Waals surface area (Å²) in [6.07, 6.45) is -3.49. The zero-order valence-electron chi connectivity index (χ0n) is 16.4. The van der Waals surface area contributed by atoms with Crippen molar-refractivity contribution in [1.82, 2.24) is 10.2 Å². The number of hydrogen-bond donors (Lipinski definition) is 1. The van der Waals surface area contributed by atoms with Gasteiger partial charge in [-0.1, -0.05) is 12.1 Å². The number of piperidine rings is 1. The van der Waals surface area contributed by atoms with E-state index >= 15 is 0 Å². The van der Waals surface area contributed by atoms with Crippen LogP contribution in [0.15, 0.2) is 48.5 Å². The molecule has 164 valence electrons. The first-order valence-electron chi connectivity index (χ1n) is 9.63. The lowest BCUT2D eigenvalue weighted by molar-refractivity contribution is -0.384. The molecule has 2 aromatic rings. The average Bonchev–Trinajstić information content (AvgIpc) is 2.77. The molecule has 0 atom stereocenters. The van der Waals surface area contributed by atoms with Crippen LogP contribution in [0.3, 0.4) is 0 Å². The highest BCUT2D eigenvalue weighted by Gasteiger charge is 2.30. The summed E-state index contributed by atoms with van der Waals surface area (Å²) in [6, 6.07) is 9.96. The molecule has 0 radical (unpaired) electrons. The summed E-state index contributed by atoms with van der Waals surface area (Å²) in [5.41, 5.74) is 0.0653. The third kappa shape index (κ3) is 5.59. The number of rotatable bonds is 5. The smallest absolute Gasteiger partial charge is 0.352 e. The van der Waals surface area contributed by atoms with E-state index in [1.54, 1.807) is 4.90 Å². The molecule has 2 amide bonds. The highest BCUT2D eigenvalue weighted by atomic mass is 19.4. The Morgan fingerprint density at radius 3 is 2.13 bits per heavy atom. The average molecular weight is 435 g/mol. The molecule has 1 aliphatic rings. The Hall–Kier alpha value is -3.43. The summed E-state index contributed by atoms with van der Waals surface area (Å²) in [4.78, 5) is 36.7. The molecule has 2 aromatic carbocycles. The summed E-state index contributed by atoms with van der Waals surface area (Å²) in [6.45, 7) is 0.862. The molecule has 3 rings (SSSR count). The molecule has 7 nitrogen and oxygen atoms in total. The predicted octanol–water partition coefficient (Wildman–Crippen LogP) is 3.78. The van der Waals surface area contributed by atoms with Crippen LogP contribution in [0.2, 0.25) is 0 Å². The molecular weight excluding hydrogens is 415 g/mol. The molecule has 0 aromatic heterocycles. The predicted molar refractivity (Wildman–Crippen MR) is 105 cm³/mol. The number of nitrogens with one attached hydrogen (secondary N) is 1. The third-order valence-corrected chi connectivity index (χ3v) is 5.23. The Labute approximate surface area is 176 Å². The van der Waals surface area contributed by atoms with Gasteiger partial charge in [0.2, 0.25) is 5.91 Å². The van der Waals surface area contributed by atoms with Gasteiger partial charge in [0.05, 0.1) is 10.5 Å². The first-order valence-corrected chi connectivity index (χ1v) is 9.63. The van der Waals surface area contributed by atoms with Gasteiger partial charge in [-0.2, -0.15) is 13.2 Å². The summed E-state index contributed by atoms with van der Waals surface area (Å²) in [5.74, 6) is -0.754. The fourth-order valence-corrected chi connectivity index (χ4v) is 3.40. The molecule has 1 heterocycles.